The number of nitrogens with zero attached hydrogens (tertiary/aromatic N) is 1. The highest BCUT2D eigenvalue weighted by Crippen LogP contribution is 2.25. The molecule has 2 rings (SSSR count). The van der Waals surface area contributed by atoms with Crippen molar-refractivity contribution in [1.29, 1.82) is 0 Å². The molecule has 3 atom stereocenters. The van der Waals surface area contributed by atoms with Gasteiger partial charge in [-0.05, 0) is 25.7 Å². The molecule has 0 unspecified atom stereocenters. The van der Waals surface area contributed by atoms with Crippen LogP contribution in [0.3, 0.4) is 0 Å². The molecule has 5 nitrogen and oxygen atoms in total. The van der Waals surface area contributed by atoms with Crippen LogP contribution in [0.25, 0.3) is 0 Å². The van der Waals surface area contributed by atoms with Crippen molar-refractivity contribution in [2.75, 3.05) is 18.2 Å². The molecule has 0 aromatic heterocycles. The molecule has 0 spiro atoms. The van der Waals surface area contributed by atoms with Crippen LogP contribution in [0.15, 0.2) is 0 Å². The summed E-state index contributed by atoms with van der Waals surface area (Å²) in [5.74, 6) is 1.59. The van der Waals surface area contributed by atoms with Crippen LogP contribution in [0.2, 0.25) is 0 Å². The lowest BCUT2D eigenvalue weighted by atomic mass is 10.1. The first-order valence-electron chi connectivity index (χ1n) is 7.31. The Bertz CT molecular complexity index is 369. The van der Waals surface area contributed by atoms with E-state index >= 15 is 0 Å². The molecule has 2 aliphatic rings. The van der Waals surface area contributed by atoms with Crippen LogP contribution in [0.5, 0.6) is 0 Å². The van der Waals surface area contributed by atoms with Gasteiger partial charge in [0.1, 0.15) is 12.1 Å². The fraction of sp³-hybridized carbons (Fsp3) is 0.857. The summed E-state index contributed by atoms with van der Waals surface area (Å²) in [5, 5.41) is 3.01. The average molecular weight is 300 g/mol. The smallest absolute Gasteiger partial charge is 0.253 e. The van der Waals surface area contributed by atoms with E-state index in [4.69, 9.17) is 4.74 Å². The minimum Gasteiger partial charge on any atom is -0.368 e. The third-order valence-electron chi connectivity index (χ3n) is 4.04. The van der Waals surface area contributed by atoms with Crippen LogP contribution < -0.4 is 5.32 Å². The van der Waals surface area contributed by atoms with Crippen molar-refractivity contribution in [2.45, 2.75) is 51.8 Å². The minimum atomic E-state index is -0.349. The van der Waals surface area contributed by atoms with E-state index in [1.165, 1.54) is 0 Å². The Labute approximate surface area is 124 Å². The minimum absolute atomic E-state index is 0.0233. The lowest BCUT2D eigenvalue weighted by molar-refractivity contribution is -0.145. The molecule has 114 valence electrons. The molecule has 0 saturated carbocycles. The molecule has 6 heteroatoms. The summed E-state index contributed by atoms with van der Waals surface area (Å²) >= 11 is 1.63. The molecular formula is C14H24N2O3S. The number of hydrogen-bond donors (Lipinski definition) is 1. The van der Waals surface area contributed by atoms with Crippen LogP contribution in [0, 0.1) is 5.92 Å². The molecule has 0 aromatic carbocycles. The largest absolute Gasteiger partial charge is 0.368 e. The maximum Gasteiger partial charge on any atom is 0.253 e. The molecule has 1 N–H and O–H groups in total. The molecular weight excluding hydrogens is 276 g/mol. The summed E-state index contributed by atoms with van der Waals surface area (Å²) < 4.78 is 5.44. The molecule has 0 aromatic rings. The van der Waals surface area contributed by atoms with Gasteiger partial charge in [-0.3, -0.25) is 9.59 Å². The number of ether oxygens (including phenoxy) is 1. The van der Waals surface area contributed by atoms with Crippen LogP contribution in [-0.2, 0) is 14.3 Å². The van der Waals surface area contributed by atoms with Crippen molar-refractivity contribution in [3.63, 3.8) is 0 Å². The van der Waals surface area contributed by atoms with Crippen molar-refractivity contribution in [1.82, 2.24) is 10.2 Å². The number of thioether (sulfide) groups is 1. The Morgan fingerprint density at radius 3 is 2.70 bits per heavy atom. The quantitative estimate of drug-likeness (QED) is 0.848. The molecule has 2 heterocycles. The second kappa shape index (κ2) is 6.80. The lowest BCUT2D eigenvalue weighted by Gasteiger charge is -2.27. The van der Waals surface area contributed by atoms with E-state index in [2.05, 4.69) is 19.2 Å². The maximum atomic E-state index is 12.4. The second-order valence-corrected chi connectivity index (χ2v) is 6.87. The van der Waals surface area contributed by atoms with Gasteiger partial charge in [-0.2, -0.15) is 0 Å². The first-order valence-corrected chi connectivity index (χ1v) is 8.46. The molecule has 2 aliphatic heterocycles. The lowest BCUT2D eigenvalue weighted by Crippen LogP contribution is -2.52. The molecule has 2 saturated heterocycles. The van der Waals surface area contributed by atoms with Gasteiger partial charge in [0.25, 0.3) is 5.91 Å². The highest BCUT2D eigenvalue weighted by Gasteiger charge is 2.39. The van der Waals surface area contributed by atoms with E-state index < -0.39 is 0 Å². The van der Waals surface area contributed by atoms with Crippen molar-refractivity contribution < 1.29 is 14.3 Å². The van der Waals surface area contributed by atoms with E-state index in [1.807, 2.05) is 6.92 Å². The van der Waals surface area contributed by atoms with Crippen molar-refractivity contribution in [3.05, 3.63) is 0 Å². The summed E-state index contributed by atoms with van der Waals surface area (Å²) in [6.07, 6.45) is 1.36. The van der Waals surface area contributed by atoms with Crippen LogP contribution in [0.1, 0.15) is 33.6 Å². The number of hydrogen-bond acceptors (Lipinski definition) is 4. The van der Waals surface area contributed by atoms with Gasteiger partial charge in [-0.15, -0.1) is 11.8 Å². The molecule has 2 fully saturated rings. The summed E-state index contributed by atoms with van der Waals surface area (Å²) in [6, 6.07) is -0.231. The monoisotopic (exact) mass is 300 g/mol. The summed E-state index contributed by atoms with van der Waals surface area (Å²) in [4.78, 5) is 26.4. The van der Waals surface area contributed by atoms with E-state index in [0.29, 0.717) is 24.2 Å². The molecule has 0 bridgehead atoms. The van der Waals surface area contributed by atoms with Gasteiger partial charge < -0.3 is 15.0 Å². The number of carbonyl (C=O) groups is 2. The fourth-order valence-electron chi connectivity index (χ4n) is 2.32. The number of rotatable bonds is 4. The Morgan fingerprint density at radius 1 is 1.35 bits per heavy atom. The SMILES string of the molecule is CC(C)[C@H](C)NC(=O)[C@@H]1CSCN1C(=O)[C@@H]1CCCO1. The number of carbonyl (C=O) groups excluding carboxylic acids is 2. The molecule has 0 aliphatic carbocycles. The van der Waals surface area contributed by atoms with Gasteiger partial charge in [-0.1, -0.05) is 13.8 Å². The van der Waals surface area contributed by atoms with E-state index in [1.54, 1.807) is 16.7 Å². The van der Waals surface area contributed by atoms with Crippen molar-refractivity contribution >= 4 is 23.6 Å². The second-order valence-electron chi connectivity index (χ2n) is 5.87. The Kier molecular flexibility index (Phi) is 5.32. The Morgan fingerprint density at radius 2 is 2.10 bits per heavy atom. The van der Waals surface area contributed by atoms with Gasteiger partial charge in [0, 0.05) is 18.4 Å². The van der Waals surface area contributed by atoms with E-state index in [9.17, 15) is 9.59 Å². The summed E-state index contributed by atoms with van der Waals surface area (Å²) in [5.41, 5.74) is 0. The topological polar surface area (TPSA) is 58.6 Å². The van der Waals surface area contributed by atoms with Gasteiger partial charge >= 0.3 is 0 Å². The summed E-state index contributed by atoms with van der Waals surface area (Å²) in [7, 11) is 0. The maximum absolute atomic E-state index is 12.4. The zero-order valence-corrected chi connectivity index (χ0v) is 13.2. The number of nitrogens with one attached hydrogen (secondary N) is 1. The highest BCUT2D eigenvalue weighted by atomic mass is 32.2. The van der Waals surface area contributed by atoms with Crippen LogP contribution >= 0.6 is 11.8 Å². The third-order valence-corrected chi connectivity index (χ3v) is 5.06. The van der Waals surface area contributed by atoms with Gasteiger partial charge in [0.05, 0.1) is 5.88 Å². The third kappa shape index (κ3) is 3.47. The van der Waals surface area contributed by atoms with Gasteiger partial charge in [0.15, 0.2) is 0 Å². The molecule has 20 heavy (non-hydrogen) atoms. The van der Waals surface area contributed by atoms with E-state index in [0.717, 1.165) is 12.8 Å². The van der Waals surface area contributed by atoms with Gasteiger partial charge in [-0.25, -0.2) is 0 Å². The van der Waals surface area contributed by atoms with Crippen LogP contribution in [0.4, 0.5) is 0 Å². The summed E-state index contributed by atoms with van der Waals surface area (Å²) in [6.45, 7) is 6.79. The van der Waals surface area contributed by atoms with Crippen molar-refractivity contribution in [3.8, 4) is 0 Å². The number of amides is 2. The zero-order valence-electron chi connectivity index (χ0n) is 12.4. The Hall–Kier alpha value is -0.750. The average Bonchev–Trinajstić information content (AvgIpc) is 3.08. The normalized spacial score (nSPS) is 27.9. The standard InChI is InChI=1S/C14H24N2O3S/c1-9(2)10(3)15-13(17)11-7-20-8-16(11)14(18)12-5-4-6-19-12/h9-12H,4-8H2,1-3H3,(H,15,17)/t10-,11-,12-/m0/s1. The first-order chi connectivity index (χ1) is 9.50. The first kappa shape index (κ1) is 15.6. The van der Waals surface area contributed by atoms with Crippen molar-refractivity contribution in [2.24, 2.45) is 5.92 Å². The van der Waals surface area contributed by atoms with Gasteiger partial charge in [0.2, 0.25) is 5.91 Å². The zero-order chi connectivity index (χ0) is 14.7. The predicted molar refractivity (Wildman–Crippen MR) is 79.4 cm³/mol. The predicted octanol–water partition coefficient (Wildman–Crippen LogP) is 1.23. The molecule has 0 radical (unpaired) electrons. The highest BCUT2D eigenvalue weighted by molar-refractivity contribution is 7.99. The Balaban J connectivity index is 1.95. The fourth-order valence-corrected chi connectivity index (χ4v) is 3.49. The van der Waals surface area contributed by atoms with Crippen LogP contribution in [-0.4, -0.2) is 53.1 Å². The molecule has 2 amide bonds. The van der Waals surface area contributed by atoms with E-state index in [-0.39, 0.29) is 30.0 Å².